The number of hydrogen-bond acceptors (Lipinski definition) is 4. The van der Waals surface area contributed by atoms with E-state index < -0.39 is 6.09 Å². The molecular formula is C21H17NO4. The lowest BCUT2D eigenvalue weighted by Gasteiger charge is -2.08. The third-order valence-corrected chi connectivity index (χ3v) is 3.83. The normalized spacial score (nSPS) is 10.2. The maximum atomic E-state index is 11.9. The standard InChI is InChI=1S/C21H17NO4/c23-13-18-7-6-17(12-20(18)24)16-8-10-19(11-9-16)22-21(25)26-14-15-4-2-1-3-5-15/h1-13,24H,14H2,(H,22,25). The van der Waals surface area contributed by atoms with Crippen molar-refractivity contribution in [3.8, 4) is 16.9 Å². The van der Waals surface area contributed by atoms with E-state index in [4.69, 9.17) is 4.74 Å². The number of aromatic hydroxyl groups is 1. The van der Waals surface area contributed by atoms with Crippen LogP contribution in [-0.2, 0) is 11.3 Å². The molecule has 3 aromatic rings. The Bertz CT molecular complexity index is 905. The molecule has 0 aromatic heterocycles. The van der Waals surface area contributed by atoms with Gasteiger partial charge in [-0.1, -0.05) is 48.5 Å². The Kier molecular flexibility index (Phi) is 5.29. The van der Waals surface area contributed by atoms with Crippen molar-refractivity contribution in [1.82, 2.24) is 0 Å². The van der Waals surface area contributed by atoms with Crippen LogP contribution >= 0.6 is 0 Å². The molecule has 3 rings (SSSR count). The molecule has 5 nitrogen and oxygen atoms in total. The van der Waals surface area contributed by atoms with Gasteiger partial charge < -0.3 is 9.84 Å². The second kappa shape index (κ2) is 7.98. The number of aldehydes is 1. The second-order valence-electron chi connectivity index (χ2n) is 5.66. The number of carbonyl (C=O) groups is 2. The van der Waals surface area contributed by atoms with E-state index in [-0.39, 0.29) is 17.9 Å². The van der Waals surface area contributed by atoms with Gasteiger partial charge in [0.2, 0.25) is 0 Å². The van der Waals surface area contributed by atoms with Crippen molar-refractivity contribution in [2.75, 3.05) is 5.32 Å². The first-order valence-corrected chi connectivity index (χ1v) is 8.02. The molecule has 0 unspecified atom stereocenters. The first-order valence-electron chi connectivity index (χ1n) is 8.02. The van der Waals surface area contributed by atoms with E-state index in [2.05, 4.69) is 5.32 Å². The number of nitrogens with one attached hydrogen (secondary N) is 1. The van der Waals surface area contributed by atoms with E-state index >= 15 is 0 Å². The number of hydrogen-bond donors (Lipinski definition) is 2. The van der Waals surface area contributed by atoms with Crippen molar-refractivity contribution >= 4 is 18.1 Å². The van der Waals surface area contributed by atoms with E-state index in [1.54, 1.807) is 24.3 Å². The van der Waals surface area contributed by atoms with Gasteiger partial charge in [-0.25, -0.2) is 4.79 Å². The molecule has 0 saturated carbocycles. The summed E-state index contributed by atoms with van der Waals surface area (Å²) in [6, 6.07) is 21.4. The Morgan fingerprint density at radius 1 is 0.962 bits per heavy atom. The number of ether oxygens (including phenoxy) is 1. The van der Waals surface area contributed by atoms with Crippen molar-refractivity contribution < 1.29 is 19.4 Å². The number of phenols is 1. The fourth-order valence-electron chi connectivity index (χ4n) is 2.45. The van der Waals surface area contributed by atoms with Gasteiger partial charge in [0.05, 0.1) is 5.56 Å². The molecule has 0 fully saturated rings. The third-order valence-electron chi connectivity index (χ3n) is 3.83. The summed E-state index contributed by atoms with van der Waals surface area (Å²) in [6.45, 7) is 0.202. The summed E-state index contributed by atoms with van der Waals surface area (Å²) < 4.78 is 5.17. The molecule has 0 bridgehead atoms. The molecule has 3 aromatic carbocycles. The van der Waals surface area contributed by atoms with Crippen molar-refractivity contribution in [3.05, 3.63) is 83.9 Å². The predicted octanol–water partition coefficient (Wildman–Crippen LogP) is 4.62. The molecule has 0 aliphatic rings. The van der Waals surface area contributed by atoms with Crippen LogP contribution in [0.5, 0.6) is 5.75 Å². The van der Waals surface area contributed by atoms with Gasteiger partial charge in [-0.3, -0.25) is 10.1 Å². The Balaban J connectivity index is 1.61. The quantitative estimate of drug-likeness (QED) is 0.660. The zero-order chi connectivity index (χ0) is 18.4. The van der Waals surface area contributed by atoms with Crippen molar-refractivity contribution in [2.45, 2.75) is 6.61 Å². The van der Waals surface area contributed by atoms with Crippen LogP contribution in [0.25, 0.3) is 11.1 Å². The lowest BCUT2D eigenvalue weighted by molar-refractivity contribution is 0.112. The van der Waals surface area contributed by atoms with Crippen LogP contribution in [0.15, 0.2) is 72.8 Å². The molecule has 130 valence electrons. The molecule has 0 aliphatic heterocycles. The Morgan fingerprint density at radius 3 is 2.31 bits per heavy atom. The lowest BCUT2D eigenvalue weighted by Crippen LogP contribution is -2.13. The largest absolute Gasteiger partial charge is 0.507 e. The smallest absolute Gasteiger partial charge is 0.411 e. The Labute approximate surface area is 150 Å². The van der Waals surface area contributed by atoms with Crippen LogP contribution in [0.4, 0.5) is 10.5 Å². The Hall–Kier alpha value is -3.60. The molecule has 0 radical (unpaired) electrons. The molecular weight excluding hydrogens is 330 g/mol. The van der Waals surface area contributed by atoms with E-state index in [0.29, 0.717) is 12.0 Å². The maximum absolute atomic E-state index is 11.9. The molecule has 26 heavy (non-hydrogen) atoms. The number of anilines is 1. The molecule has 1 amide bonds. The minimum Gasteiger partial charge on any atom is -0.507 e. The number of amides is 1. The topological polar surface area (TPSA) is 75.6 Å². The zero-order valence-corrected chi connectivity index (χ0v) is 13.9. The highest BCUT2D eigenvalue weighted by atomic mass is 16.5. The molecule has 2 N–H and O–H groups in total. The molecule has 0 atom stereocenters. The number of rotatable bonds is 5. The monoisotopic (exact) mass is 347 g/mol. The minimum atomic E-state index is -0.533. The van der Waals surface area contributed by atoms with Crippen LogP contribution < -0.4 is 5.32 Å². The van der Waals surface area contributed by atoms with Crippen LogP contribution in [0.1, 0.15) is 15.9 Å². The van der Waals surface area contributed by atoms with Gasteiger partial charge in [-0.05, 0) is 41.0 Å². The summed E-state index contributed by atoms with van der Waals surface area (Å²) >= 11 is 0. The van der Waals surface area contributed by atoms with Gasteiger partial charge in [0, 0.05) is 5.69 Å². The summed E-state index contributed by atoms with van der Waals surface area (Å²) in [5.74, 6) is -0.0656. The predicted molar refractivity (Wildman–Crippen MR) is 99.2 cm³/mol. The van der Waals surface area contributed by atoms with Gasteiger partial charge >= 0.3 is 6.09 Å². The van der Waals surface area contributed by atoms with Gasteiger partial charge in [0.15, 0.2) is 6.29 Å². The first-order chi connectivity index (χ1) is 12.7. The summed E-state index contributed by atoms with van der Waals surface area (Å²) in [7, 11) is 0. The minimum absolute atomic E-state index is 0.0656. The zero-order valence-electron chi connectivity index (χ0n) is 13.9. The number of phenolic OH excluding ortho intramolecular Hbond substituents is 1. The molecule has 0 aliphatic carbocycles. The average molecular weight is 347 g/mol. The van der Waals surface area contributed by atoms with Crippen LogP contribution in [0.2, 0.25) is 0 Å². The molecule has 0 heterocycles. The molecule has 5 heteroatoms. The highest BCUT2D eigenvalue weighted by Gasteiger charge is 2.06. The highest BCUT2D eigenvalue weighted by molar-refractivity contribution is 5.85. The highest BCUT2D eigenvalue weighted by Crippen LogP contribution is 2.26. The van der Waals surface area contributed by atoms with Crippen molar-refractivity contribution in [2.24, 2.45) is 0 Å². The van der Waals surface area contributed by atoms with E-state index in [9.17, 15) is 14.7 Å². The SMILES string of the molecule is O=Cc1ccc(-c2ccc(NC(=O)OCc3ccccc3)cc2)cc1O. The summed E-state index contributed by atoms with van der Waals surface area (Å²) in [5.41, 5.74) is 3.37. The van der Waals surface area contributed by atoms with Crippen molar-refractivity contribution in [3.63, 3.8) is 0 Å². The lowest BCUT2D eigenvalue weighted by atomic mass is 10.0. The number of carbonyl (C=O) groups excluding carboxylic acids is 2. The van der Waals surface area contributed by atoms with Crippen LogP contribution in [0, 0.1) is 0 Å². The fourth-order valence-corrected chi connectivity index (χ4v) is 2.45. The van der Waals surface area contributed by atoms with E-state index in [0.717, 1.165) is 16.7 Å². The molecule has 0 saturated heterocycles. The van der Waals surface area contributed by atoms with Crippen molar-refractivity contribution in [1.29, 1.82) is 0 Å². The Morgan fingerprint density at radius 2 is 1.65 bits per heavy atom. The van der Waals surface area contributed by atoms with Crippen LogP contribution in [0.3, 0.4) is 0 Å². The summed E-state index contributed by atoms with van der Waals surface area (Å²) in [5, 5.41) is 12.4. The summed E-state index contributed by atoms with van der Waals surface area (Å²) in [6.07, 6.45) is 0.0716. The second-order valence-corrected chi connectivity index (χ2v) is 5.66. The van der Waals surface area contributed by atoms with E-state index in [1.165, 1.54) is 6.07 Å². The maximum Gasteiger partial charge on any atom is 0.411 e. The van der Waals surface area contributed by atoms with Gasteiger partial charge in [0.1, 0.15) is 12.4 Å². The fraction of sp³-hybridized carbons (Fsp3) is 0.0476. The summed E-state index contributed by atoms with van der Waals surface area (Å²) in [4.78, 5) is 22.6. The molecule has 0 spiro atoms. The third kappa shape index (κ3) is 4.27. The first kappa shape index (κ1) is 17.2. The van der Waals surface area contributed by atoms with Gasteiger partial charge in [-0.15, -0.1) is 0 Å². The number of benzene rings is 3. The average Bonchev–Trinajstić information content (AvgIpc) is 2.68. The van der Waals surface area contributed by atoms with E-state index in [1.807, 2.05) is 42.5 Å². The van der Waals surface area contributed by atoms with Gasteiger partial charge in [-0.2, -0.15) is 0 Å². The van der Waals surface area contributed by atoms with Crippen LogP contribution in [-0.4, -0.2) is 17.5 Å². The van der Waals surface area contributed by atoms with Gasteiger partial charge in [0.25, 0.3) is 0 Å².